The zero-order valence-corrected chi connectivity index (χ0v) is 9.57. The number of halogens is 1. The average molecular weight is 227 g/mol. The number of rotatable bonds is 2. The lowest BCUT2D eigenvalue weighted by Gasteiger charge is -2.34. The number of pyridine rings is 1. The van der Waals surface area contributed by atoms with Crippen LogP contribution in [0.4, 0.5) is 5.69 Å². The summed E-state index contributed by atoms with van der Waals surface area (Å²) in [6.45, 7) is 4.62. The number of hydrogen-bond acceptors (Lipinski definition) is 3. The fourth-order valence-corrected chi connectivity index (χ4v) is 2.04. The van der Waals surface area contributed by atoms with Crippen molar-refractivity contribution in [2.24, 2.45) is 0 Å². The molecular weight excluding hydrogens is 212 g/mol. The van der Waals surface area contributed by atoms with Gasteiger partial charge in [0.1, 0.15) is 0 Å². The molecule has 1 aliphatic rings. The number of aromatic nitrogens is 1. The van der Waals surface area contributed by atoms with E-state index in [1.54, 1.807) is 0 Å². The molecule has 3 nitrogen and oxygen atoms in total. The number of nitrogens with zero attached hydrogens (tertiary/aromatic N) is 2. The second kappa shape index (κ2) is 4.81. The van der Waals surface area contributed by atoms with Gasteiger partial charge in [-0.3, -0.25) is 4.98 Å². The topological polar surface area (TPSA) is 25.4 Å². The van der Waals surface area contributed by atoms with Crippen molar-refractivity contribution in [2.45, 2.75) is 13.0 Å². The molecule has 1 aromatic heterocycles. The Morgan fingerprint density at radius 3 is 3.27 bits per heavy atom. The Balaban J connectivity index is 2.13. The first-order chi connectivity index (χ1) is 7.31. The quantitative estimate of drug-likeness (QED) is 0.720. The van der Waals surface area contributed by atoms with Gasteiger partial charge in [0.25, 0.3) is 0 Å². The number of anilines is 1. The number of hydrogen-bond donors (Lipinski definition) is 0. The van der Waals surface area contributed by atoms with Crippen LogP contribution in [0.15, 0.2) is 18.5 Å². The van der Waals surface area contributed by atoms with Gasteiger partial charge in [0.05, 0.1) is 18.6 Å². The number of alkyl halides is 1. The molecule has 0 radical (unpaired) electrons. The summed E-state index contributed by atoms with van der Waals surface area (Å²) in [6.07, 6.45) is 3.86. The molecule has 1 atom stereocenters. The maximum absolute atomic E-state index is 5.81. The third-order valence-corrected chi connectivity index (χ3v) is 2.99. The first-order valence-corrected chi connectivity index (χ1v) is 5.68. The van der Waals surface area contributed by atoms with Crippen molar-refractivity contribution < 1.29 is 4.74 Å². The lowest BCUT2D eigenvalue weighted by atomic mass is 10.2. The molecule has 2 rings (SSSR count). The average Bonchev–Trinajstić information content (AvgIpc) is 2.30. The molecule has 15 heavy (non-hydrogen) atoms. The molecule has 1 aliphatic heterocycles. The highest BCUT2D eigenvalue weighted by molar-refractivity contribution is 6.18. The van der Waals surface area contributed by atoms with Crippen molar-refractivity contribution in [3.63, 3.8) is 0 Å². The number of ether oxygens (including phenoxy) is 1. The predicted molar refractivity (Wildman–Crippen MR) is 61.6 cm³/mol. The lowest BCUT2D eigenvalue weighted by molar-refractivity contribution is 0.0554. The van der Waals surface area contributed by atoms with Crippen LogP contribution >= 0.6 is 11.6 Å². The van der Waals surface area contributed by atoms with E-state index in [9.17, 15) is 0 Å². The van der Waals surface area contributed by atoms with Crippen LogP contribution in [0.5, 0.6) is 0 Å². The van der Waals surface area contributed by atoms with E-state index in [1.807, 2.05) is 18.5 Å². The van der Waals surface area contributed by atoms with Gasteiger partial charge in [-0.05, 0) is 18.6 Å². The fourth-order valence-electron chi connectivity index (χ4n) is 1.85. The van der Waals surface area contributed by atoms with Gasteiger partial charge in [0.2, 0.25) is 0 Å². The maximum Gasteiger partial charge on any atom is 0.0885 e. The van der Waals surface area contributed by atoms with Gasteiger partial charge >= 0.3 is 0 Å². The molecule has 0 bridgehead atoms. The third kappa shape index (κ3) is 2.41. The minimum atomic E-state index is 0.146. The summed E-state index contributed by atoms with van der Waals surface area (Å²) in [5, 5.41) is 0. The van der Waals surface area contributed by atoms with Crippen LogP contribution in [0.3, 0.4) is 0 Å². The Morgan fingerprint density at radius 1 is 1.67 bits per heavy atom. The summed E-state index contributed by atoms with van der Waals surface area (Å²) in [4.78, 5) is 6.41. The van der Waals surface area contributed by atoms with Gasteiger partial charge in [0, 0.05) is 31.2 Å². The Kier molecular flexibility index (Phi) is 3.44. The maximum atomic E-state index is 5.81. The minimum Gasteiger partial charge on any atom is -0.373 e. The largest absolute Gasteiger partial charge is 0.373 e. The molecular formula is C11H15ClN2O. The summed E-state index contributed by atoms with van der Waals surface area (Å²) >= 11 is 5.81. The summed E-state index contributed by atoms with van der Waals surface area (Å²) in [7, 11) is 0. The molecule has 0 saturated carbocycles. The molecule has 2 heterocycles. The van der Waals surface area contributed by atoms with Gasteiger partial charge < -0.3 is 9.64 Å². The van der Waals surface area contributed by atoms with E-state index in [4.69, 9.17) is 16.3 Å². The van der Waals surface area contributed by atoms with Gasteiger partial charge in [-0.2, -0.15) is 0 Å². The Hall–Kier alpha value is -0.800. The van der Waals surface area contributed by atoms with E-state index < -0.39 is 0 Å². The summed E-state index contributed by atoms with van der Waals surface area (Å²) in [5.41, 5.74) is 2.44. The van der Waals surface area contributed by atoms with Crippen LogP contribution in [0.2, 0.25) is 0 Å². The fraction of sp³-hybridized carbons (Fsp3) is 0.545. The molecule has 0 aromatic carbocycles. The van der Waals surface area contributed by atoms with Crippen molar-refractivity contribution in [1.29, 1.82) is 0 Å². The van der Waals surface area contributed by atoms with Crippen molar-refractivity contribution in [2.75, 3.05) is 30.5 Å². The normalized spacial score (nSPS) is 21.7. The summed E-state index contributed by atoms with van der Waals surface area (Å²) in [6, 6.07) is 2.05. The van der Waals surface area contributed by atoms with E-state index in [0.29, 0.717) is 5.88 Å². The van der Waals surface area contributed by atoms with Gasteiger partial charge in [-0.1, -0.05) is 0 Å². The highest BCUT2D eigenvalue weighted by Crippen LogP contribution is 2.21. The van der Waals surface area contributed by atoms with E-state index in [1.165, 1.54) is 11.3 Å². The van der Waals surface area contributed by atoms with E-state index in [0.717, 1.165) is 19.7 Å². The molecule has 0 spiro atoms. The third-order valence-electron chi connectivity index (χ3n) is 2.64. The molecule has 0 aliphatic carbocycles. The molecule has 1 unspecified atom stereocenters. The molecule has 0 N–H and O–H groups in total. The Labute approximate surface area is 95.0 Å². The van der Waals surface area contributed by atoms with E-state index in [-0.39, 0.29) is 6.10 Å². The van der Waals surface area contributed by atoms with E-state index in [2.05, 4.69) is 16.8 Å². The van der Waals surface area contributed by atoms with Crippen LogP contribution < -0.4 is 4.90 Å². The number of aryl methyl sites for hydroxylation is 1. The predicted octanol–water partition coefficient (Wildman–Crippen LogP) is 1.83. The standard InChI is InChI=1S/C11H15ClN2O/c1-9-7-13-3-2-11(9)14-4-5-15-10(6-12)8-14/h2-3,7,10H,4-6,8H2,1H3. The zero-order valence-electron chi connectivity index (χ0n) is 8.82. The van der Waals surface area contributed by atoms with Crippen molar-refractivity contribution >= 4 is 17.3 Å². The summed E-state index contributed by atoms with van der Waals surface area (Å²) in [5.74, 6) is 0.556. The minimum absolute atomic E-state index is 0.146. The monoisotopic (exact) mass is 226 g/mol. The van der Waals surface area contributed by atoms with Crippen molar-refractivity contribution in [3.05, 3.63) is 24.0 Å². The molecule has 4 heteroatoms. The lowest BCUT2D eigenvalue weighted by Crippen LogP contribution is -2.43. The highest BCUT2D eigenvalue weighted by atomic mass is 35.5. The Morgan fingerprint density at radius 2 is 2.53 bits per heavy atom. The van der Waals surface area contributed by atoms with Gasteiger partial charge in [0.15, 0.2) is 0 Å². The van der Waals surface area contributed by atoms with Crippen LogP contribution in [-0.2, 0) is 4.74 Å². The Bertz CT molecular complexity index is 332. The number of morpholine rings is 1. The molecule has 0 amide bonds. The molecule has 1 aromatic rings. The SMILES string of the molecule is Cc1cnccc1N1CCOC(CCl)C1. The smallest absolute Gasteiger partial charge is 0.0885 e. The zero-order chi connectivity index (χ0) is 10.7. The summed E-state index contributed by atoms with van der Waals surface area (Å²) < 4.78 is 5.53. The van der Waals surface area contributed by atoms with Crippen LogP contribution in [-0.4, -0.2) is 36.7 Å². The second-order valence-corrected chi connectivity index (χ2v) is 4.06. The van der Waals surface area contributed by atoms with E-state index >= 15 is 0 Å². The molecule has 1 fully saturated rings. The molecule has 82 valence electrons. The highest BCUT2D eigenvalue weighted by Gasteiger charge is 2.20. The van der Waals surface area contributed by atoms with Crippen LogP contribution in [0.25, 0.3) is 0 Å². The van der Waals surface area contributed by atoms with Crippen molar-refractivity contribution in [3.8, 4) is 0 Å². The second-order valence-electron chi connectivity index (χ2n) is 3.76. The van der Waals surface area contributed by atoms with Crippen molar-refractivity contribution in [1.82, 2.24) is 4.98 Å². The van der Waals surface area contributed by atoms with Crippen LogP contribution in [0, 0.1) is 6.92 Å². The first-order valence-electron chi connectivity index (χ1n) is 5.14. The molecule has 1 saturated heterocycles. The van der Waals surface area contributed by atoms with Crippen LogP contribution in [0.1, 0.15) is 5.56 Å². The van der Waals surface area contributed by atoms with Gasteiger partial charge in [-0.15, -0.1) is 11.6 Å². The first kappa shape index (κ1) is 10.7. The van der Waals surface area contributed by atoms with Gasteiger partial charge in [-0.25, -0.2) is 0 Å².